The van der Waals surface area contributed by atoms with Crippen molar-refractivity contribution >= 4 is 11.0 Å². The van der Waals surface area contributed by atoms with Crippen LogP contribution in [0.3, 0.4) is 0 Å². The topological polar surface area (TPSA) is 75.9 Å². The van der Waals surface area contributed by atoms with E-state index in [2.05, 4.69) is 55.2 Å². The molecule has 4 N–H and O–H groups in total. The molecule has 5 nitrogen and oxygen atoms in total. The molecule has 0 aliphatic carbocycles. The lowest BCUT2D eigenvalue weighted by atomic mass is 10.1. The smallest absolute Gasteiger partial charge is 0.144 e. The summed E-state index contributed by atoms with van der Waals surface area (Å²) in [6, 6.07) is 5.81. The molecule has 0 unspecified atom stereocenters. The predicted molar refractivity (Wildman–Crippen MR) is 130 cm³/mol. The van der Waals surface area contributed by atoms with E-state index < -0.39 is 0 Å². The van der Waals surface area contributed by atoms with Crippen molar-refractivity contribution in [2.24, 2.45) is 11.7 Å². The molecule has 6 heteroatoms. The van der Waals surface area contributed by atoms with Gasteiger partial charge in [-0.1, -0.05) is 72.8 Å². The first-order valence-corrected chi connectivity index (χ1v) is 11.4. The molecule has 0 saturated carbocycles. The van der Waals surface area contributed by atoms with Gasteiger partial charge in [-0.15, -0.1) is 0 Å². The standard InChI is InChI=1S/C14H14FN5.C6H14.C5H12/c15-10-7-17-8-13(14(10)16)20-6-9-1-2-11-12(5-9)19-4-3-18-11;1-3-5-6-4-2;1-4-5(2)3/h1-5,8,17,20H,6-7,16H2;3-6H2,1-2H3;5H,4H2,1-3H3. The van der Waals surface area contributed by atoms with Crippen LogP contribution in [0.1, 0.15) is 72.3 Å². The lowest BCUT2D eigenvalue weighted by Gasteiger charge is -2.17. The molecule has 0 fully saturated rings. The third kappa shape index (κ3) is 10.3. The number of halogens is 1. The number of nitrogens with two attached hydrogens (primary N) is 1. The quantitative estimate of drug-likeness (QED) is 0.475. The summed E-state index contributed by atoms with van der Waals surface area (Å²) in [4.78, 5) is 8.47. The number of rotatable bonds is 7. The lowest BCUT2D eigenvalue weighted by Crippen LogP contribution is -2.27. The van der Waals surface area contributed by atoms with E-state index in [1.807, 2.05) is 18.2 Å². The Kier molecular flexibility index (Phi) is 13.0. The van der Waals surface area contributed by atoms with E-state index in [0.717, 1.165) is 22.5 Å². The first kappa shape index (κ1) is 26.4. The average Bonchev–Trinajstić information content (AvgIpc) is 2.79. The number of nitrogens with zero attached hydrogens (tertiary/aromatic N) is 2. The minimum atomic E-state index is -0.348. The SMILES string of the molecule is CCC(C)C.CCCCCC.NC1=C(F)CNC=C1NCc1ccc2nccnc2c1. The predicted octanol–water partition coefficient (Wildman–Crippen LogP) is 5.94. The van der Waals surface area contributed by atoms with Crippen LogP contribution in [0.15, 0.2) is 54.0 Å². The zero-order valence-electron chi connectivity index (χ0n) is 19.8. The first-order valence-electron chi connectivity index (χ1n) is 11.4. The Hall–Kier alpha value is -2.63. The van der Waals surface area contributed by atoms with Crippen LogP contribution in [0, 0.1) is 5.92 Å². The van der Waals surface area contributed by atoms with Gasteiger partial charge in [-0.3, -0.25) is 9.97 Å². The minimum absolute atomic E-state index is 0.141. The number of aromatic nitrogens is 2. The van der Waals surface area contributed by atoms with Gasteiger partial charge in [0.15, 0.2) is 0 Å². The normalized spacial score (nSPS) is 12.9. The van der Waals surface area contributed by atoms with Crippen molar-refractivity contribution in [3.05, 3.63) is 59.6 Å². The van der Waals surface area contributed by atoms with E-state index >= 15 is 0 Å². The molecule has 0 bridgehead atoms. The van der Waals surface area contributed by atoms with Gasteiger partial charge in [-0.2, -0.15) is 0 Å². The number of fused-ring (bicyclic) bond motifs is 1. The van der Waals surface area contributed by atoms with Gasteiger partial charge in [0, 0.05) is 25.1 Å². The van der Waals surface area contributed by atoms with Gasteiger partial charge in [0.1, 0.15) is 5.83 Å². The van der Waals surface area contributed by atoms with Crippen molar-refractivity contribution in [3.63, 3.8) is 0 Å². The fourth-order valence-electron chi connectivity index (χ4n) is 2.52. The molecule has 0 radical (unpaired) electrons. The van der Waals surface area contributed by atoms with E-state index in [1.165, 1.54) is 32.1 Å². The van der Waals surface area contributed by atoms with Gasteiger partial charge in [0.05, 0.1) is 29.0 Å². The summed E-state index contributed by atoms with van der Waals surface area (Å²) in [7, 11) is 0. The summed E-state index contributed by atoms with van der Waals surface area (Å²) >= 11 is 0. The zero-order chi connectivity index (χ0) is 23.1. The van der Waals surface area contributed by atoms with Crippen molar-refractivity contribution in [2.45, 2.75) is 73.3 Å². The van der Waals surface area contributed by atoms with E-state index in [0.29, 0.717) is 12.2 Å². The molecule has 1 aliphatic rings. The van der Waals surface area contributed by atoms with Gasteiger partial charge in [-0.05, 0) is 23.6 Å². The van der Waals surface area contributed by atoms with Crippen molar-refractivity contribution < 1.29 is 4.39 Å². The molecule has 1 aromatic carbocycles. The second-order valence-electron chi connectivity index (χ2n) is 8.00. The Balaban J connectivity index is 0.000000365. The molecule has 0 spiro atoms. The molecule has 172 valence electrons. The number of dihydropyridines is 1. The Morgan fingerprint density at radius 1 is 1.06 bits per heavy atom. The Bertz CT molecular complexity index is 826. The highest BCUT2D eigenvalue weighted by Crippen LogP contribution is 2.14. The molecule has 1 aliphatic heterocycles. The summed E-state index contributed by atoms with van der Waals surface area (Å²) in [6.45, 7) is 11.8. The summed E-state index contributed by atoms with van der Waals surface area (Å²) in [5, 5.41) is 5.93. The Morgan fingerprint density at radius 2 is 1.68 bits per heavy atom. The summed E-state index contributed by atoms with van der Waals surface area (Å²) in [6.07, 6.45) is 11.8. The number of unbranched alkanes of at least 4 members (excludes halogenated alkanes) is 3. The largest absolute Gasteiger partial charge is 0.395 e. The Labute approximate surface area is 187 Å². The molecule has 0 amide bonds. The summed E-state index contributed by atoms with van der Waals surface area (Å²) < 4.78 is 13.4. The number of nitrogens with one attached hydrogen (secondary N) is 2. The summed E-state index contributed by atoms with van der Waals surface area (Å²) in [5.74, 6) is 0.536. The average molecular weight is 430 g/mol. The maximum absolute atomic E-state index is 13.4. The number of hydrogen-bond donors (Lipinski definition) is 3. The molecular formula is C25H40FN5. The van der Waals surface area contributed by atoms with Crippen LogP contribution in [0.4, 0.5) is 4.39 Å². The van der Waals surface area contributed by atoms with E-state index in [1.54, 1.807) is 18.6 Å². The van der Waals surface area contributed by atoms with Crippen molar-refractivity contribution in [1.82, 2.24) is 20.6 Å². The van der Waals surface area contributed by atoms with Crippen LogP contribution < -0.4 is 16.4 Å². The molecule has 31 heavy (non-hydrogen) atoms. The van der Waals surface area contributed by atoms with Crippen LogP contribution in [-0.2, 0) is 6.54 Å². The monoisotopic (exact) mass is 429 g/mol. The fraction of sp³-hybridized carbons (Fsp3) is 0.520. The Morgan fingerprint density at radius 3 is 2.26 bits per heavy atom. The molecule has 2 aromatic rings. The van der Waals surface area contributed by atoms with Gasteiger partial charge in [0.25, 0.3) is 0 Å². The van der Waals surface area contributed by atoms with Gasteiger partial charge in [0.2, 0.25) is 0 Å². The van der Waals surface area contributed by atoms with E-state index in [9.17, 15) is 4.39 Å². The fourth-order valence-corrected chi connectivity index (χ4v) is 2.52. The lowest BCUT2D eigenvalue weighted by molar-refractivity contribution is 0.570. The summed E-state index contributed by atoms with van der Waals surface area (Å²) in [5.41, 5.74) is 9.11. The highest BCUT2D eigenvalue weighted by molar-refractivity contribution is 5.74. The van der Waals surface area contributed by atoms with Gasteiger partial charge in [-0.25, -0.2) is 4.39 Å². The highest BCUT2D eigenvalue weighted by atomic mass is 19.1. The zero-order valence-corrected chi connectivity index (χ0v) is 19.8. The number of benzene rings is 1. The highest BCUT2D eigenvalue weighted by Gasteiger charge is 2.12. The second kappa shape index (κ2) is 15.2. The second-order valence-corrected chi connectivity index (χ2v) is 8.00. The van der Waals surface area contributed by atoms with Crippen LogP contribution in [-0.4, -0.2) is 16.5 Å². The van der Waals surface area contributed by atoms with Gasteiger partial charge >= 0.3 is 0 Å². The molecule has 0 atom stereocenters. The van der Waals surface area contributed by atoms with Crippen LogP contribution in [0.5, 0.6) is 0 Å². The van der Waals surface area contributed by atoms with Crippen LogP contribution in [0.2, 0.25) is 0 Å². The third-order valence-electron chi connectivity index (χ3n) is 4.88. The minimum Gasteiger partial charge on any atom is -0.395 e. The van der Waals surface area contributed by atoms with Crippen LogP contribution >= 0.6 is 0 Å². The maximum atomic E-state index is 13.4. The van der Waals surface area contributed by atoms with Crippen molar-refractivity contribution in [2.75, 3.05) is 6.54 Å². The van der Waals surface area contributed by atoms with Gasteiger partial charge < -0.3 is 16.4 Å². The van der Waals surface area contributed by atoms with Crippen LogP contribution in [0.25, 0.3) is 11.0 Å². The molecule has 0 saturated heterocycles. The molecule has 3 rings (SSSR count). The van der Waals surface area contributed by atoms with Crippen molar-refractivity contribution in [1.29, 1.82) is 0 Å². The third-order valence-corrected chi connectivity index (χ3v) is 4.88. The molecule has 1 aromatic heterocycles. The number of hydrogen-bond acceptors (Lipinski definition) is 5. The maximum Gasteiger partial charge on any atom is 0.144 e. The molecular weight excluding hydrogens is 389 g/mol. The van der Waals surface area contributed by atoms with E-state index in [4.69, 9.17) is 5.73 Å². The van der Waals surface area contributed by atoms with Crippen molar-refractivity contribution in [3.8, 4) is 0 Å². The molecule has 2 heterocycles. The van der Waals surface area contributed by atoms with E-state index in [-0.39, 0.29) is 18.1 Å². The first-order chi connectivity index (χ1) is 14.9.